The quantitative estimate of drug-likeness (QED) is 0.596. The maximum Gasteiger partial charge on any atom is 0.259 e. The molecule has 2 saturated heterocycles. The van der Waals surface area contributed by atoms with E-state index in [4.69, 9.17) is 9.47 Å². The number of fused-ring (bicyclic) bond motifs is 1. The molecule has 174 valence electrons. The molecule has 2 N–H and O–H groups in total. The van der Waals surface area contributed by atoms with Gasteiger partial charge in [0.15, 0.2) is 5.65 Å². The molecule has 0 aliphatic carbocycles. The highest BCUT2D eigenvalue weighted by atomic mass is 16.5. The van der Waals surface area contributed by atoms with Crippen molar-refractivity contribution < 1.29 is 14.3 Å². The highest BCUT2D eigenvalue weighted by molar-refractivity contribution is 6.13. The minimum Gasteiger partial charge on any atom is -0.381 e. The van der Waals surface area contributed by atoms with Crippen LogP contribution in [0.15, 0.2) is 36.7 Å². The molecule has 2 aromatic heterocycles. The Balaban J connectivity index is 1.48. The van der Waals surface area contributed by atoms with Crippen molar-refractivity contribution in [1.82, 2.24) is 14.8 Å². The van der Waals surface area contributed by atoms with Crippen molar-refractivity contribution in [3.8, 4) is 0 Å². The van der Waals surface area contributed by atoms with Crippen LogP contribution in [0.4, 0.5) is 17.1 Å². The molecule has 2 fully saturated rings. The second-order valence-corrected chi connectivity index (χ2v) is 8.35. The summed E-state index contributed by atoms with van der Waals surface area (Å²) in [5.74, 6) is -0.191. The zero-order valence-corrected chi connectivity index (χ0v) is 18.9. The standard InChI is InChI=1S/C24H30N6O3/c1-2-30-23-18(16-26-30)22(27-17-7-11-32-12-8-17)19(15-25-23)24(31)28-20-5-3-4-6-21(20)29-9-13-33-14-10-29/h3-6,15-17H,2,7-14H2,1H3,(H,25,27)(H,28,31). The average Bonchev–Trinajstić information content (AvgIpc) is 3.29. The minimum absolute atomic E-state index is 0.191. The number of ether oxygens (including phenoxy) is 2. The summed E-state index contributed by atoms with van der Waals surface area (Å²) in [6.45, 7) is 7.14. The summed E-state index contributed by atoms with van der Waals surface area (Å²) in [6, 6.07) is 8.14. The van der Waals surface area contributed by atoms with Crippen LogP contribution in [0.25, 0.3) is 11.0 Å². The van der Waals surface area contributed by atoms with Gasteiger partial charge in [-0.2, -0.15) is 5.10 Å². The van der Waals surface area contributed by atoms with E-state index in [2.05, 4.69) is 25.6 Å². The lowest BCUT2D eigenvalue weighted by atomic mass is 10.1. The number of carbonyl (C=O) groups is 1. The lowest BCUT2D eigenvalue weighted by molar-refractivity contribution is 0.0904. The van der Waals surface area contributed by atoms with Crippen molar-refractivity contribution in [3.63, 3.8) is 0 Å². The monoisotopic (exact) mass is 450 g/mol. The number of amides is 1. The number of anilines is 3. The number of aryl methyl sites for hydroxylation is 1. The van der Waals surface area contributed by atoms with Gasteiger partial charge < -0.3 is 25.0 Å². The fourth-order valence-corrected chi connectivity index (χ4v) is 4.48. The highest BCUT2D eigenvalue weighted by Crippen LogP contribution is 2.31. The highest BCUT2D eigenvalue weighted by Gasteiger charge is 2.23. The van der Waals surface area contributed by atoms with Gasteiger partial charge in [0.2, 0.25) is 0 Å². The van der Waals surface area contributed by atoms with Crippen molar-refractivity contribution in [2.75, 3.05) is 55.1 Å². The van der Waals surface area contributed by atoms with Crippen LogP contribution in [0.3, 0.4) is 0 Å². The third-order valence-electron chi connectivity index (χ3n) is 6.28. The molecule has 0 atom stereocenters. The Morgan fingerprint density at radius 3 is 2.64 bits per heavy atom. The van der Waals surface area contributed by atoms with E-state index in [9.17, 15) is 4.79 Å². The normalized spacial score (nSPS) is 17.3. The third kappa shape index (κ3) is 4.51. The molecule has 9 heteroatoms. The fourth-order valence-electron chi connectivity index (χ4n) is 4.48. The minimum atomic E-state index is -0.191. The Morgan fingerprint density at radius 1 is 1.09 bits per heavy atom. The first kappa shape index (κ1) is 21.7. The van der Waals surface area contributed by atoms with Crippen LogP contribution >= 0.6 is 0 Å². The second kappa shape index (κ2) is 9.76. The molecule has 2 aliphatic heterocycles. The van der Waals surface area contributed by atoms with Crippen LogP contribution in [-0.4, -0.2) is 66.2 Å². The molecule has 4 heterocycles. The molecule has 0 bridgehead atoms. The van der Waals surface area contributed by atoms with E-state index in [1.807, 2.05) is 35.9 Å². The van der Waals surface area contributed by atoms with Crippen LogP contribution < -0.4 is 15.5 Å². The SMILES string of the molecule is CCn1ncc2c(NC3CCOCC3)c(C(=O)Nc3ccccc3N3CCOCC3)cnc21. The first-order valence-electron chi connectivity index (χ1n) is 11.7. The van der Waals surface area contributed by atoms with Gasteiger partial charge in [0.1, 0.15) is 0 Å². The summed E-state index contributed by atoms with van der Waals surface area (Å²) < 4.78 is 12.8. The molecule has 0 spiro atoms. The van der Waals surface area contributed by atoms with Crippen LogP contribution in [0.2, 0.25) is 0 Å². The predicted molar refractivity (Wildman–Crippen MR) is 128 cm³/mol. The van der Waals surface area contributed by atoms with E-state index in [-0.39, 0.29) is 11.9 Å². The summed E-state index contributed by atoms with van der Waals surface area (Å²) in [4.78, 5) is 20.4. The van der Waals surface area contributed by atoms with Crippen molar-refractivity contribution >= 4 is 34.0 Å². The number of aromatic nitrogens is 3. The molecule has 1 amide bonds. The van der Waals surface area contributed by atoms with E-state index >= 15 is 0 Å². The Morgan fingerprint density at radius 2 is 1.85 bits per heavy atom. The maximum atomic E-state index is 13.5. The van der Waals surface area contributed by atoms with Crippen LogP contribution in [0, 0.1) is 0 Å². The van der Waals surface area contributed by atoms with Crippen LogP contribution in [0.1, 0.15) is 30.1 Å². The molecule has 1 aromatic carbocycles. The Kier molecular flexibility index (Phi) is 6.41. The van der Waals surface area contributed by atoms with Gasteiger partial charge in [-0.15, -0.1) is 0 Å². The number of nitrogens with zero attached hydrogens (tertiary/aromatic N) is 4. The Hall–Kier alpha value is -3.17. The number of benzene rings is 1. The smallest absolute Gasteiger partial charge is 0.259 e. The first-order chi connectivity index (χ1) is 16.2. The van der Waals surface area contributed by atoms with Crippen molar-refractivity contribution in [2.24, 2.45) is 0 Å². The van der Waals surface area contributed by atoms with E-state index in [1.54, 1.807) is 12.4 Å². The molecule has 0 unspecified atom stereocenters. The number of hydrogen-bond acceptors (Lipinski definition) is 7. The summed E-state index contributed by atoms with van der Waals surface area (Å²) in [7, 11) is 0. The number of morpholine rings is 1. The van der Waals surface area contributed by atoms with Gasteiger partial charge in [0.25, 0.3) is 5.91 Å². The average molecular weight is 451 g/mol. The molecule has 2 aliphatic rings. The molecule has 9 nitrogen and oxygen atoms in total. The zero-order valence-electron chi connectivity index (χ0n) is 18.9. The zero-order chi connectivity index (χ0) is 22.6. The van der Waals surface area contributed by atoms with E-state index in [0.29, 0.717) is 38.5 Å². The first-order valence-corrected chi connectivity index (χ1v) is 11.7. The third-order valence-corrected chi connectivity index (χ3v) is 6.28. The van der Waals surface area contributed by atoms with Crippen LogP contribution in [-0.2, 0) is 16.0 Å². The van der Waals surface area contributed by atoms with Gasteiger partial charge >= 0.3 is 0 Å². The Labute approximate surface area is 193 Å². The van der Waals surface area contributed by atoms with Crippen molar-refractivity contribution in [3.05, 3.63) is 42.2 Å². The van der Waals surface area contributed by atoms with E-state index < -0.39 is 0 Å². The topological polar surface area (TPSA) is 93.5 Å². The summed E-state index contributed by atoms with van der Waals surface area (Å²) in [5.41, 5.74) is 3.86. The maximum absolute atomic E-state index is 13.5. The largest absolute Gasteiger partial charge is 0.381 e. The second-order valence-electron chi connectivity index (χ2n) is 8.35. The van der Waals surface area contributed by atoms with Gasteiger partial charge in [-0.1, -0.05) is 12.1 Å². The number of carbonyl (C=O) groups excluding carboxylic acids is 1. The molecular formula is C24H30N6O3. The van der Waals surface area contributed by atoms with Gasteiger partial charge in [-0.3, -0.25) is 4.79 Å². The molecule has 33 heavy (non-hydrogen) atoms. The van der Waals surface area contributed by atoms with Gasteiger partial charge in [-0.05, 0) is 31.9 Å². The number of para-hydroxylation sites is 2. The molecule has 0 saturated carbocycles. The van der Waals surface area contributed by atoms with Gasteiger partial charge in [-0.25, -0.2) is 9.67 Å². The number of nitrogens with one attached hydrogen (secondary N) is 2. The summed E-state index contributed by atoms with van der Waals surface area (Å²) >= 11 is 0. The number of pyridine rings is 1. The molecule has 3 aromatic rings. The Bertz CT molecular complexity index is 1120. The lowest BCUT2D eigenvalue weighted by Gasteiger charge is -2.30. The van der Waals surface area contributed by atoms with E-state index in [0.717, 1.165) is 54.0 Å². The van der Waals surface area contributed by atoms with Gasteiger partial charge in [0.05, 0.1) is 47.4 Å². The number of rotatable bonds is 6. The molecule has 0 radical (unpaired) electrons. The predicted octanol–water partition coefficient (Wildman–Crippen LogP) is 3.13. The number of hydrogen-bond donors (Lipinski definition) is 2. The van der Waals surface area contributed by atoms with Crippen LogP contribution in [0.5, 0.6) is 0 Å². The summed E-state index contributed by atoms with van der Waals surface area (Å²) in [6.07, 6.45) is 5.25. The van der Waals surface area contributed by atoms with Crippen molar-refractivity contribution in [2.45, 2.75) is 32.4 Å². The molecular weight excluding hydrogens is 420 g/mol. The van der Waals surface area contributed by atoms with E-state index in [1.165, 1.54) is 0 Å². The summed E-state index contributed by atoms with van der Waals surface area (Å²) in [5, 5.41) is 12.1. The molecule has 5 rings (SSSR count). The fraction of sp³-hybridized carbons (Fsp3) is 0.458. The van der Waals surface area contributed by atoms with Crippen molar-refractivity contribution in [1.29, 1.82) is 0 Å². The van der Waals surface area contributed by atoms with Gasteiger partial charge in [0, 0.05) is 45.1 Å². The lowest BCUT2D eigenvalue weighted by Crippen LogP contribution is -2.36.